The van der Waals surface area contributed by atoms with Gasteiger partial charge < -0.3 is 14.9 Å². The summed E-state index contributed by atoms with van der Waals surface area (Å²) in [5, 5.41) is 9.27. The number of para-hydroxylation sites is 1. The molecule has 1 aliphatic heterocycles. The summed E-state index contributed by atoms with van der Waals surface area (Å²) in [5.74, 6) is -1.58. The van der Waals surface area contributed by atoms with Gasteiger partial charge >= 0.3 is 5.97 Å². The molecule has 0 unspecified atom stereocenters. The van der Waals surface area contributed by atoms with Gasteiger partial charge in [0.15, 0.2) is 0 Å². The van der Waals surface area contributed by atoms with Crippen LogP contribution >= 0.6 is 0 Å². The second kappa shape index (κ2) is 7.39. The Balaban J connectivity index is 1.83. The molecule has 1 fully saturated rings. The first-order chi connectivity index (χ1) is 12.5. The van der Waals surface area contributed by atoms with Crippen molar-refractivity contribution in [2.24, 2.45) is 0 Å². The van der Waals surface area contributed by atoms with Gasteiger partial charge in [-0.3, -0.25) is 9.59 Å². The summed E-state index contributed by atoms with van der Waals surface area (Å²) in [6.07, 6.45) is 1.12. The van der Waals surface area contributed by atoms with E-state index < -0.39 is 12.0 Å². The minimum atomic E-state index is -0.994. The highest BCUT2D eigenvalue weighted by atomic mass is 16.4. The van der Waals surface area contributed by atoms with Gasteiger partial charge in [-0.25, -0.2) is 4.79 Å². The number of hydrogen-bond donors (Lipinski definition) is 1. The van der Waals surface area contributed by atoms with E-state index in [9.17, 15) is 19.5 Å². The number of carbonyl (C=O) groups is 3. The first kappa shape index (κ1) is 17.7. The maximum Gasteiger partial charge on any atom is 0.326 e. The maximum absolute atomic E-state index is 12.7. The van der Waals surface area contributed by atoms with Gasteiger partial charge in [-0.05, 0) is 43.2 Å². The number of rotatable bonds is 4. The summed E-state index contributed by atoms with van der Waals surface area (Å²) in [6.45, 7) is 0.415. The number of anilines is 1. The predicted molar refractivity (Wildman–Crippen MR) is 97.3 cm³/mol. The van der Waals surface area contributed by atoms with Gasteiger partial charge in [0.05, 0.1) is 0 Å². The molecular formula is C20H20N2O4. The number of likely N-dealkylation sites (tertiary alicyclic amines) is 1. The topological polar surface area (TPSA) is 77.9 Å². The van der Waals surface area contributed by atoms with Crippen molar-refractivity contribution in [2.75, 3.05) is 18.5 Å². The molecule has 1 aliphatic rings. The number of hydrogen-bond acceptors (Lipinski definition) is 3. The van der Waals surface area contributed by atoms with Crippen molar-refractivity contribution in [3.8, 4) is 0 Å². The average Bonchev–Trinajstić information content (AvgIpc) is 3.17. The molecule has 0 bridgehead atoms. The molecule has 2 aromatic carbocycles. The summed E-state index contributed by atoms with van der Waals surface area (Å²) in [6, 6.07) is 14.9. The van der Waals surface area contributed by atoms with E-state index in [2.05, 4.69) is 0 Å². The molecule has 134 valence electrons. The average molecular weight is 352 g/mol. The van der Waals surface area contributed by atoms with E-state index >= 15 is 0 Å². The van der Waals surface area contributed by atoms with Crippen LogP contribution in [0.25, 0.3) is 0 Å². The third-order valence-corrected chi connectivity index (χ3v) is 4.60. The molecule has 6 heteroatoms. The summed E-state index contributed by atoms with van der Waals surface area (Å²) in [7, 11) is 1.67. The Bertz CT molecular complexity index is 835. The van der Waals surface area contributed by atoms with Crippen LogP contribution in [0.3, 0.4) is 0 Å². The molecule has 0 spiro atoms. The fraction of sp³-hybridized carbons (Fsp3) is 0.250. The highest BCUT2D eigenvalue weighted by Crippen LogP contribution is 2.22. The Kier molecular flexibility index (Phi) is 5.02. The number of benzene rings is 2. The van der Waals surface area contributed by atoms with Crippen LogP contribution in [-0.2, 0) is 4.79 Å². The van der Waals surface area contributed by atoms with Crippen molar-refractivity contribution in [1.82, 2.24) is 4.90 Å². The van der Waals surface area contributed by atoms with Gasteiger partial charge in [-0.15, -0.1) is 0 Å². The third kappa shape index (κ3) is 3.44. The van der Waals surface area contributed by atoms with Crippen molar-refractivity contribution in [2.45, 2.75) is 18.9 Å². The van der Waals surface area contributed by atoms with Crippen molar-refractivity contribution < 1.29 is 19.5 Å². The predicted octanol–water partition coefficient (Wildman–Crippen LogP) is 2.65. The summed E-state index contributed by atoms with van der Waals surface area (Å²) < 4.78 is 0. The van der Waals surface area contributed by atoms with Crippen molar-refractivity contribution in [3.63, 3.8) is 0 Å². The molecule has 1 heterocycles. The van der Waals surface area contributed by atoms with Crippen LogP contribution in [0.4, 0.5) is 5.69 Å². The second-order valence-corrected chi connectivity index (χ2v) is 6.28. The van der Waals surface area contributed by atoms with Gasteiger partial charge in [0.25, 0.3) is 11.8 Å². The molecule has 3 rings (SSSR count). The van der Waals surface area contributed by atoms with Crippen LogP contribution in [0.5, 0.6) is 0 Å². The van der Waals surface area contributed by atoms with Crippen molar-refractivity contribution in [3.05, 3.63) is 65.7 Å². The molecule has 1 N–H and O–H groups in total. The fourth-order valence-electron chi connectivity index (χ4n) is 3.18. The van der Waals surface area contributed by atoms with E-state index in [1.54, 1.807) is 25.2 Å². The molecule has 6 nitrogen and oxygen atoms in total. The van der Waals surface area contributed by atoms with Crippen LogP contribution in [0.2, 0.25) is 0 Å². The zero-order valence-electron chi connectivity index (χ0n) is 14.5. The molecule has 0 radical (unpaired) electrons. The van der Waals surface area contributed by atoms with Gasteiger partial charge in [-0.1, -0.05) is 24.3 Å². The minimum Gasteiger partial charge on any atom is -0.480 e. The lowest BCUT2D eigenvalue weighted by Gasteiger charge is -2.22. The molecule has 2 amide bonds. The van der Waals surface area contributed by atoms with E-state index in [4.69, 9.17) is 0 Å². The molecule has 0 aliphatic carbocycles. The standard InChI is InChI=1S/C20H20N2O4/c1-21(16-9-3-2-4-10-16)18(23)14-7-5-8-15(13-14)19(24)22-12-6-11-17(22)20(25)26/h2-5,7-10,13,17H,6,11-12H2,1H3,(H,25,26)/t17-/m0/s1. The van der Waals surface area contributed by atoms with Crippen LogP contribution in [0, 0.1) is 0 Å². The molecule has 1 saturated heterocycles. The lowest BCUT2D eigenvalue weighted by Crippen LogP contribution is -2.40. The first-order valence-corrected chi connectivity index (χ1v) is 8.46. The van der Waals surface area contributed by atoms with E-state index in [1.165, 1.54) is 15.9 Å². The Hall–Kier alpha value is -3.15. The minimum absolute atomic E-state index is 0.234. The van der Waals surface area contributed by atoms with Gasteiger partial charge in [0.2, 0.25) is 0 Å². The first-order valence-electron chi connectivity index (χ1n) is 8.46. The Morgan fingerprint density at radius 2 is 1.73 bits per heavy atom. The molecule has 26 heavy (non-hydrogen) atoms. The van der Waals surface area contributed by atoms with E-state index in [-0.39, 0.29) is 11.8 Å². The zero-order chi connectivity index (χ0) is 18.7. The maximum atomic E-state index is 12.7. The third-order valence-electron chi connectivity index (χ3n) is 4.60. The lowest BCUT2D eigenvalue weighted by molar-refractivity contribution is -0.141. The number of aliphatic carboxylic acids is 1. The van der Waals surface area contributed by atoms with Crippen molar-refractivity contribution in [1.29, 1.82) is 0 Å². The monoisotopic (exact) mass is 352 g/mol. The van der Waals surface area contributed by atoms with Gasteiger partial charge in [-0.2, -0.15) is 0 Å². The second-order valence-electron chi connectivity index (χ2n) is 6.28. The summed E-state index contributed by atoms with van der Waals surface area (Å²) in [5.41, 5.74) is 1.46. The number of amides is 2. The van der Waals surface area contributed by atoms with Crippen LogP contribution in [0.15, 0.2) is 54.6 Å². The Morgan fingerprint density at radius 1 is 1.04 bits per heavy atom. The van der Waals surface area contributed by atoms with Crippen molar-refractivity contribution >= 4 is 23.5 Å². The van der Waals surface area contributed by atoms with Crippen LogP contribution < -0.4 is 4.90 Å². The molecule has 0 saturated carbocycles. The van der Waals surface area contributed by atoms with Gasteiger partial charge in [0.1, 0.15) is 6.04 Å². The van der Waals surface area contributed by atoms with E-state index in [0.29, 0.717) is 30.5 Å². The Morgan fingerprint density at radius 3 is 2.42 bits per heavy atom. The molecule has 2 aromatic rings. The largest absolute Gasteiger partial charge is 0.480 e. The molecular weight excluding hydrogens is 332 g/mol. The highest BCUT2D eigenvalue weighted by molar-refractivity contribution is 6.07. The summed E-state index contributed by atoms with van der Waals surface area (Å²) >= 11 is 0. The molecule has 0 aromatic heterocycles. The number of carbonyl (C=O) groups excluding carboxylic acids is 2. The zero-order valence-corrected chi connectivity index (χ0v) is 14.5. The van der Waals surface area contributed by atoms with Crippen LogP contribution in [-0.4, -0.2) is 47.4 Å². The summed E-state index contributed by atoms with van der Waals surface area (Å²) in [4.78, 5) is 39.6. The SMILES string of the molecule is CN(C(=O)c1cccc(C(=O)N2CCC[C@H]2C(=O)O)c1)c1ccccc1. The number of carboxylic acid groups (broad SMARTS) is 1. The van der Waals surface area contributed by atoms with E-state index in [0.717, 1.165) is 5.69 Å². The Labute approximate surface area is 151 Å². The number of carboxylic acids is 1. The number of nitrogens with zero attached hydrogens (tertiary/aromatic N) is 2. The van der Waals surface area contributed by atoms with E-state index in [1.807, 2.05) is 30.3 Å². The fourth-order valence-corrected chi connectivity index (χ4v) is 3.18. The smallest absolute Gasteiger partial charge is 0.326 e. The normalized spacial score (nSPS) is 16.3. The quantitative estimate of drug-likeness (QED) is 0.918. The van der Waals surface area contributed by atoms with Crippen LogP contribution in [0.1, 0.15) is 33.6 Å². The highest BCUT2D eigenvalue weighted by Gasteiger charge is 2.34. The lowest BCUT2D eigenvalue weighted by atomic mass is 10.1. The molecule has 1 atom stereocenters. The van der Waals surface area contributed by atoms with Gasteiger partial charge in [0, 0.05) is 30.4 Å².